The molecule has 1 aliphatic rings. The van der Waals surface area contributed by atoms with Crippen molar-refractivity contribution < 1.29 is 27.2 Å². The number of nitrogens with zero attached hydrogens (tertiary/aromatic N) is 2. The van der Waals surface area contributed by atoms with Gasteiger partial charge in [-0.25, -0.2) is 8.42 Å². The van der Waals surface area contributed by atoms with Crippen molar-refractivity contribution >= 4 is 39.2 Å². The van der Waals surface area contributed by atoms with Gasteiger partial charge in [-0.05, 0) is 55.5 Å². The van der Waals surface area contributed by atoms with Crippen molar-refractivity contribution in [3.05, 3.63) is 88.8 Å². The van der Waals surface area contributed by atoms with Crippen molar-refractivity contribution in [2.45, 2.75) is 17.2 Å². The molecule has 11 heteroatoms. The molecule has 3 aromatic rings. The van der Waals surface area contributed by atoms with E-state index in [1.807, 2.05) is 19.1 Å². The Balaban J connectivity index is 1.53. The molecule has 1 fully saturated rings. The van der Waals surface area contributed by atoms with Crippen molar-refractivity contribution in [2.24, 2.45) is 0 Å². The lowest BCUT2D eigenvalue weighted by molar-refractivity contribution is -0.132. The largest absolute Gasteiger partial charge is 0.459 e. The van der Waals surface area contributed by atoms with Crippen LogP contribution in [-0.4, -0.2) is 67.5 Å². The highest BCUT2D eigenvalue weighted by atomic mass is 35.5. The first-order valence-electron chi connectivity index (χ1n) is 11.2. The van der Waals surface area contributed by atoms with Crippen molar-refractivity contribution in [1.82, 2.24) is 15.1 Å². The fourth-order valence-electron chi connectivity index (χ4n) is 3.80. The number of carbonyl (C=O) groups is 3. The number of piperazine rings is 1. The van der Waals surface area contributed by atoms with Gasteiger partial charge in [0.2, 0.25) is 15.2 Å². The van der Waals surface area contributed by atoms with Gasteiger partial charge in [0.25, 0.3) is 17.7 Å². The molecule has 2 aromatic carbocycles. The molecule has 0 bridgehead atoms. The van der Waals surface area contributed by atoms with Crippen LogP contribution in [0.2, 0.25) is 5.02 Å². The molecule has 1 aromatic heterocycles. The van der Waals surface area contributed by atoms with Crippen LogP contribution in [0.5, 0.6) is 0 Å². The third kappa shape index (κ3) is 5.44. The highest BCUT2D eigenvalue weighted by Crippen LogP contribution is 2.21. The molecular weight excluding hydrogens is 506 g/mol. The van der Waals surface area contributed by atoms with Crippen molar-refractivity contribution in [1.29, 1.82) is 0 Å². The van der Waals surface area contributed by atoms with Gasteiger partial charge < -0.3 is 19.5 Å². The first-order chi connectivity index (χ1) is 17.2. The van der Waals surface area contributed by atoms with E-state index >= 15 is 0 Å². The van der Waals surface area contributed by atoms with Gasteiger partial charge in [-0.1, -0.05) is 29.3 Å². The molecular formula is C25H24ClN3O6S. The monoisotopic (exact) mass is 529 g/mol. The first kappa shape index (κ1) is 25.5. The lowest BCUT2D eigenvalue weighted by atomic mass is 10.1. The topological polar surface area (TPSA) is 117 Å². The second-order valence-corrected chi connectivity index (χ2v) is 10.8. The predicted molar refractivity (Wildman–Crippen MR) is 132 cm³/mol. The van der Waals surface area contributed by atoms with E-state index in [4.69, 9.17) is 16.0 Å². The molecule has 1 atom stereocenters. The number of sulfone groups is 1. The van der Waals surface area contributed by atoms with Gasteiger partial charge in [-0.2, -0.15) is 0 Å². The SMILES string of the molecule is Cc1ccc(C(=O)N2CCN(C(=O)[C@@H](NC(=O)c3ccco3)S(=O)(=O)c3ccc(Cl)cc3)CC2)cc1. The fourth-order valence-corrected chi connectivity index (χ4v) is 5.40. The van der Waals surface area contributed by atoms with Gasteiger partial charge in [0.05, 0.1) is 11.2 Å². The highest BCUT2D eigenvalue weighted by molar-refractivity contribution is 7.92. The average Bonchev–Trinajstić information content (AvgIpc) is 3.42. The number of aryl methyl sites for hydroxylation is 1. The van der Waals surface area contributed by atoms with Crippen LogP contribution in [0.3, 0.4) is 0 Å². The zero-order chi connectivity index (χ0) is 25.9. The van der Waals surface area contributed by atoms with Crippen LogP contribution in [0.1, 0.15) is 26.5 Å². The summed E-state index contributed by atoms with van der Waals surface area (Å²) in [4.78, 5) is 41.7. The van der Waals surface area contributed by atoms with Crippen molar-refractivity contribution in [2.75, 3.05) is 26.2 Å². The van der Waals surface area contributed by atoms with E-state index in [-0.39, 0.29) is 42.7 Å². The third-order valence-corrected chi connectivity index (χ3v) is 7.98. The van der Waals surface area contributed by atoms with Crippen molar-refractivity contribution in [3.8, 4) is 0 Å². The molecule has 0 radical (unpaired) electrons. The van der Waals surface area contributed by atoms with Crippen LogP contribution >= 0.6 is 11.6 Å². The van der Waals surface area contributed by atoms with E-state index in [0.29, 0.717) is 10.6 Å². The van der Waals surface area contributed by atoms with Gasteiger partial charge >= 0.3 is 0 Å². The molecule has 3 amide bonds. The summed E-state index contributed by atoms with van der Waals surface area (Å²) < 4.78 is 31.9. The Kier molecular flexibility index (Phi) is 7.46. The van der Waals surface area contributed by atoms with Gasteiger partial charge in [-0.3, -0.25) is 14.4 Å². The number of furan rings is 1. The maximum atomic E-state index is 13.4. The second-order valence-electron chi connectivity index (χ2n) is 8.31. The number of carbonyl (C=O) groups excluding carboxylic acids is 3. The number of hydrogen-bond acceptors (Lipinski definition) is 6. The standard InChI is InChI=1S/C25H24ClN3O6S/c1-17-4-6-18(7-5-17)24(31)28-12-14-29(15-13-28)25(32)23(27-22(30)21-3-2-16-35-21)36(33,34)20-10-8-19(26)9-11-20/h2-11,16,23H,12-15H2,1H3,(H,27,30)/t23-/m0/s1. The zero-order valence-corrected chi connectivity index (χ0v) is 21.0. The smallest absolute Gasteiger partial charge is 0.288 e. The number of halogens is 1. The predicted octanol–water partition coefficient (Wildman–Crippen LogP) is 2.76. The van der Waals surface area contributed by atoms with E-state index in [1.165, 1.54) is 47.6 Å². The molecule has 188 valence electrons. The number of rotatable bonds is 6. The Morgan fingerprint density at radius 1 is 0.917 bits per heavy atom. The minimum Gasteiger partial charge on any atom is -0.459 e. The fraction of sp³-hybridized carbons (Fsp3) is 0.240. The zero-order valence-electron chi connectivity index (χ0n) is 19.4. The summed E-state index contributed by atoms with van der Waals surface area (Å²) in [6.07, 6.45) is 1.27. The molecule has 1 saturated heterocycles. The van der Waals surface area contributed by atoms with E-state index < -0.39 is 27.0 Å². The maximum Gasteiger partial charge on any atom is 0.288 e. The summed E-state index contributed by atoms with van der Waals surface area (Å²) in [6.45, 7) is 2.59. The highest BCUT2D eigenvalue weighted by Gasteiger charge is 2.40. The van der Waals surface area contributed by atoms with Crippen LogP contribution in [-0.2, 0) is 14.6 Å². The summed E-state index contributed by atoms with van der Waals surface area (Å²) in [6, 6.07) is 15.3. The number of nitrogens with one attached hydrogen (secondary N) is 1. The van der Waals surface area contributed by atoms with Gasteiger partial charge in [0, 0.05) is 36.8 Å². The third-order valence-electron chi connectivity index (χ3n) is 5.86. The van der Waals surface area contributed by atoms with Crippen LogP contribution in [0.15, 0.2) is 76.2 Å². The lowest BCUT2D eigenvalue weighted by Crippen LogP contribution is -2.57. The quantitative estimate of drug-likeness (QED) is 0.525. The number of hydrogen-bond donors (Lipinski definition) is 1. The van der Waals surface area contributed by atoms with Crippen LogP contribution in [0.25, 0.3) is 0 Å². The molecule has 1 N–H and O–H groups in total. The molecule has 0 aliphatic carbocycles. The Labute approximate surface area is 213 Å². The summed E-state index contributed by atoms with van der Waals surface area (Å²) in [7, 11) is -4.33. The minimum atomic E-state index is -4.33. The first-order valence-corrected chi connectivity index (χ1v) is 13.1. The molecule has 0 saturated carbocycles. The van der Waals surface area contributed by atoms with Gasteiger partial charge in [0.15, 0.2) is 5.76 Å². The number of amides is 3. The second kappa shape index (κ2) is 10.5. The normalized spacial score (nSPS) is 14.8. The Morgan fingerprint density at radius 2 is 1.53 bits per heavy atom. The lowest BCUT2D eigenvalue weighted by Gasteiger charge is -2.36. The van der Waals surface area contributed by atoms with E-state index in [1.54, 1.807) is 17.0 Å². The molecule has 9 nitrogen and oxygen atoms in total. The summed E-state index contributed by atoms with van der Waals surface area (Å²) in [5, 5.41) is 0.741. The number of benzene rings is 2. The van der Waals surface area contributed by atoms with Crippen LogP contribution in [0.4, 0.5) is 0 Å². The summed E-state index contributed by atoms with van der Waals surface area (Å²) in [5.41, 5.74) is 1.57. The molecule has 4 rings (SSSR count). The maximum absolute atomic E-state index is 13.4. The van der Waals surface area contributed by atoms with Crippen LogP contribution in [0, 0.1) is 6.92 Å². The van der Waals surface area contributed by atoms with Gasteiger partial charge in [-0.15, -0.1) is 0 Å². The van der Waals surface area contributed by atoms with Gasteiger partial charge in [0.1, 0.15) is 0 Å². The van der Waals surface area contributed by atoms with Crippen molar-refractivity contribution in [3.63, 3.8) is 0 Å². The van der Waals surface area contributed by atoms with E-state index in [0.717, 1.165) is 5.56 Å². The Bertz CT molecular complexity index is 1350. The molecule has 2 heterocycles. The summed E-state index contributed by atoms with van der Waals surface area (Å²) >= 11 is 5.88. The minimum absolute atomic E-state index is 0.111. The molecule has 0 unspecified atom stereocenters. The van der Waals surface area contributed by atoms with Crippen LogP contribution < -0.4 is 5.32 Å². The molecule has 1 aliphatic heterocycles. The molecule has 0 spiro atoms. The summed E-state index contributed by atoms with van der Waals surface area (Å²) in [5.74, 6) is -1.94. The van der Waals surface area contributed by atoms with E-state index in [2.05, 4.69) is 5.32 Å². The average molecular weight is 530 g/mol. The molecule has 36 heavy (non-hydrogen) atoms. The Hall–Kier alpha value is -3.63. The van der Waals surface area contributed by atoms with E-state index in [9.17, 15) is 22.8 Å². The Morgan fingerprint density at radius 3 is 2.11 bits per heavy atom.